The van der Waals surface area contributed by atoms with Crippen LogP contribution in [0, 0.1) is 0 Å². The van der Waals surface area contributed by atoms with Crippen LogP contribution >= 0.6 is 0 Å². The molecule has 18 heavy (non-hydrogen) atoms. The van der Waals surface area contributed by atoms with Gasteiger partial charge in [0.1, 0.15) is 0 Å². The number of hydrogen-bond acceptors (Lipinski definition) is 4. The van der Waals surface area contributed by atoms with Crippen LogP contribution in [-0.4, -0.2) is 48.0 Å². The Morgan fingerprint density at radius 1 is 1.50 bits per heavy atom. The normalized spacial score (nSPS) is 19.6. The molecule has 0 spiro atoms. The Hall–Kier alpha value is -1.59. The summed E-state index contributed by atoms with van der Waals surface area (Å²) < 4.78 is 5.21. The van der Waals surface area contributed by atoms with Crippen LogP contribution in [0.1, 0.15) is 34.1 Å². The highest BCUT2D eigenvalue weighted by molar-refractivity contribution is 5.82. The fourth-order valence-corrected chi connectivity index (χ4v) is 1.55. The van der Waals surface area contributed by atoms with Crippen LogP contribution in [0.2, 0.25) is 0 Å². The van der Waals surface area contributed by atoms with Gasteiger partial charge in [-0.2, -0.15) is 0 Å². The Labute approximate surface area is 107 Å². The molecule has 6 nitrogen and oxygen atoms in total. The molecule has 102 valence electrons. The van der Waals surface area contributed by atoms with Gasteiger partial charge < -0.3 is 15.0 Å². The third-order valence-electron chi connectivity index (χ3n) is 2.34. The van der Waals surface area contributed by atoms with Crippen molar-refractivity contribution in [3.8, 4) is 0 Å². The molecule has 0 fully saturated rings. The summed E-state index contributed by atoms with van der Waals surface area (Å²) >= 11 is 0. The van der Waals surface area contributed by atoms with E-state index >= 15 is 0 Å². The third kappa shape index (κ3) is 4.35. The average Bonchev–Trinajstić information content (AvgIpc) is 2.26. The molecule has 1 N–H and O–H groups in total. The minimum absolute atomic E-state index is 0.0466. The molecular formula is C12H21N3O3. The Balaban J connectivity index is 2.62. The second-order valence-corrected chi connectivity index (χ2v) is 5.17. The lowest BCUT2D eigenvalue weighted by Gasteiger charge is -2.31. The minimum Gasteiger partial charge on any atom is -0.420 e. The van der Waals surface area contributed by atoms with Gasteiger partial charge in [-0.1, -0.05) is 6.92 Å². The number of nitrogens with zero attached hydrogens (tertiary/aromatic N) is 2. The molecule has 0 aromatic heterocycles. The molecule has 2 amide bonds. The van der Waals surface area contributed by atoms with Gasteiger partial charge in [-0.05, 0) is 20.8 Å². The van der Waals surface area contributed by atoms with Crippen molar-refractivity contribution in [1.29, 1.82) is 0 Å². The van der Waals surface area contributed by atoms with E-state index in [1.54, 1.807) is 6.92 Å². The molecule has 1 aliphatic rings. The molecule has 1 rings (SSSR count). The summed E-state index contributed by atoms with van der Waals surface area (Å²) in [6.07, 6.45) is 0.636. The van der Waals surface area contributed by atoms with Gasteiger partial charge in [-0.3, -0.25) is 9.79 Å². The number of carbonyl (C=O) groups excluding carboxylic acids is 2. The van der Waals surface area contributed by atoms with E-state index < -0.39 is 12.3 Å². The maximum absolute atomic E-state index is 11.7. The van der Waals surface area contributed by atoms with Gasteiger partial charge in [-0.15, -0.1) is 0 Å². The van der Waals surface area contributed by atoms with Crippen LogP contribution in [0.4, 0.5) is 4.79 Å². The van der Waals surface area contributed by atoms with E-state index in [1.165, 1.54) is 11.1 Å². The van der Waals surface area contributed by atoms with Gasteiger partial charge in [0, 0.05) is 18.5 Å². The summed E-state index contributed by atoms with van der Waals surface area (Å²) in [5.74, 6) is -0.0466. The smallest absolute Gasteiger partial charge is 0.409 e. The monoisotopic (exact) mass is 255 g/mol. The Bertz CT molecular complexity index is 347. The van der Waals surface area contributed by atoms with Crippen LogP contribution in [-0.2, 0) is 9.53 Å². The van der Waals surface area contributed by atoms with Crippen LogP contribution in [0.25, 0.3) is 0 Å². The second-order valence-electron chi connectivity index (χ2n) is 5.17. The number of amides is 2. The summed E-state index contributed by atoms with van der Waals surface area (Å²) in [7, 11) is 0. The van der Waals surface area contributed by atoms with Gasteiger partial charge >= 0.3 is 6.09 Å². The van der Waals surface area contributed by atoms with Gasteiger partial charge in [0.25, 0.3) is 0 Å². The number of alkyl carbamates (subject to hydrolysis) is 1. The first-order chi connectivity index (χ1) is 8.33. The van der Waals surface area contributed by atoms with Crippen molar-refractivity contribution in [2.45, 2.75) is 45.9 Å². The van der Waals surface area contributed by atoms with Crippen molar-refractivity contribution in [3.05, 3.63) is 0 Å². The standard InChI is InChI=1S/C12H21N3O3/c1-5-9(16)15-7-6-13-8-10(15)18-11(17)14-12(2,3)4/h8,10H,5-7H2,1-4H3,(H,14,17). The first-order valence-corrected chi connectivity index (χ1v) is 6.11. The summed E-state index contributed by atoms with van der Waals surface area (Å²) in [5.41, 5.74) is -0.373. The van der Waals surface area contributed by atoms with Crippen LogP contribution in [0.15, 0.2) is 4.99 Å². The molecule has 6 heteroatoms. The number of nitrogens with one attached hydrogen (secondary N) is 1. The maximum atomic E-state index is 11.7. The third-order valence-corrected chi connectivity index (χ3v) is 2.34. The zero-order valence-electron chi connectivity index (χ0n) is 11.4. The van der Waals surface area contributed by atoms with E-state index in [2.05, 4.69) is 10.3 Å². The molecular weight excluding hydrogens is 234 g/mol. The van der Waals surface area contributed by atoms with E-state index in [0.717, 1.165) is 0 Å². The van der Waals surface area contributed by atoms with Crippen molar-refractivity contribution < 1.29 is 14.3 Å². The second kappa shape index (κ2) is 5.84. The van der Waals surface area contributed by atoms with Gasteiger partial charge in [0.2, 0.25) is 12.1 Å². The topological polar surface area (TPSA) is 71.0 Å². The Morgan fingerprint density at radius 2 is 2.17 bits per heavy atom. The molecule has 0 aromatic carbocycles. The molecule has 0 aliphatic carbocycles. The van der Waals surface area contributed by atoms with Crippen molar-refractivity contribution in [3.63, 3.8) is 0 Å². The van der Waals surface area contributed by atoms with Crippen molar-refractivity contribution >= 4 is 18.2 Å². The quantitative estimate of drug-likeness (QED) is 0.805. The fraction of sp³-hybridized carbons (Fsp3) is 0.750. The van der Waals surface area contributed by atoms with Crippen LogP contribution in [0.3, 0.4) is 0 Å². The predicted octanol–water partition coefficient (Wildman–Crippen LogP) is 1.16. The largest absolute Gasteiger partial charge is 0.420 e. The van der Waals surface area contributed by atoms with Crippen LogP contribution in [0.5, 0.6) is 0 Å². The molecule has 1 atom stereocenters. The number of hydrogen-bond donors (Lipinski definition) is 1. The lowest BCUT2D eigenvalue weighted by molar-refractivity contribution is -0.137. The predicted molar refractivity (Wildman–Crippen MR) is 68.5 cm³/mol. The lowest BCUT2D eigenvalue weighted by Crippen LogP contribution is -2.50. The highest BCUT2D eigenvalue weighted by Gasteiger charge is 2.27. The van der Waals surface area contributed by atoms with E-state index in [4.69, 9.17) is 4.74 Å². The van der Waals surface area contributed by atoms with Gasteiger partial charge in [0.05, 0.1) is 12.8 Å². The average molecular weight is 255 g/mol. The van der Waals surface area contributed by atoms with E-state index in [-0.39, 0.29) is 11.4 Å². The molecule has 1 heterocycles. The summed E-state index contributed by atoms with van der Waals surface area (Å²) in [6, 6.07) is 0. The summed E-state index contributed by atoms with van der Waals surface area (Å²) in [4.78, 5) is 28.9. The molecule has 1 unspecified atom stereocenters. The number of aliphatic imine (C=N–C) groups is 1. The minimum atomic E-state index is -0.700. The zero-order chi connectivity index (χ0) is 13.8. The van der Waals surface area contributed by atoms with Crippen molar-refractivity contribution in [1.82, 2.24) is 10.2 Å². The highest BCUT2D eigenvalue weighted by Crippen LogP contribution is 2.08. The molecule has 0 saturated heterocycles. The fourth-order valence-electron chi connectivity index (χ4n) is 1.55. The zero-order valence-corrected chi connectivity index (χ0v) is 11.4. The number of carbonyl (C=O) groups is 2. The van der Waals surface area contributed by atoms with Crippen molar-refractivity contribution in [2.75, 3.05) is 13.1 Å². The number of rotatable bonds is 2. The first kappa shape index (κ1) is 14.5. The van der Waals surface area contributed by atoms with E-state index in [9.17, 15) is 9.59 Å². The summed E-state index contributed by atoms with van der Waals surface area (Å²) in [5, 5.41) is 2.68. The molecule has 1 aliphatic heterocycles. The maximum Gasteiger partial charge on any atom is 0.409 e. The Morgan fingerprint density at radius 3 is 2.72 bits per heavy atom. The number of ether oxygens (including phenoxy) is 1. The SMILES string of the molecule is CCC(=O)N1CCN=CC1OC(=O)NC(C)(C)C. The molecule has 0 bridgehead atoms. The Kier molecular flexibility index (Phi) is 4.69. The van der Waals surface area contributed by atoms with Crippen LogP contribution < -0.4 is 5.32 Å². The molecule has 0 saturated carbocycles. The van der Waals surface area contributed by atoms with E-state index in [0.29, 0.717) is 19.5 Å². The highest BCUT2D eigenvalue weighted by atomic mass is 16.6. The molecule has 0 aromatic rings. The van der Waals surface area contributed by atoms with Crippen molar-refractivity contribution in [2.24, 2.45) is 4.99 Å². The van der Waals surface area contributed by atoms with Gasteiger partial charge in [0.15, 0.2) is 0 Å². The first-order valence-electron chi connectivity index (χ1n) is 6.11. The molecule has 0 radical (unpaired) electrons. The van der Waals surface area contributed by atoms with Gasteiger partial charge in [-0.25, -0.2) is 4.79 Å². The lowest BCUT2D eigenvalue weighted by atomic mass is 10.1. The summed E-state index contributed by atoms with van der Waals surface area (Å²) in [6.45, 7) is 8.39. The van der Waals surface area contributed by atoms with E-state index in [1.807, 2.05) is 20.8 Å².